The lowest BCUT2D eigenvalue weighted by Gasteiger charge is -2.25. The van der Waals surface area contributed by atoms with Crippen LogP contribution in [0.2, 0.25) is 5.02 Å². The Balaban J connectivity index is 3.13. The number of carbonyl (C=O) groups is 1. The van der Waals surface area contributed by atoms with Crippen molar-refractivity contribution in [2.75, 3.05) is 18.1 Å². The molecule has 0 heterocycles. The molecule has 0 aliphatic heterocycles. The minimum atomic E-state index is -3.36. The van der Waals surface area contributed by atoms with Crippen molar-refractivity contribution in [3.63, 3.8) is 0 Å². The highest BCUT2D eigenvalue weighted by atomic mass is 35.5. The van der Waals surface area contributed by atoms with E-state index >= 15 is 0 Å². The second-order valence-corrected chi connectivity index (χ2v) is 7.41. The number of halogens is 1. The van der Waals surface area contributed by atoms with Gasteiger partial charge in [0.25, 0.3) is 0 Å². The van der Waals surface area contributed by atoms with Crippen molar-refractivity contribution in [3.8, 4) is 0 Å². The maximum atomic E-state index is 12.2. The van der Waals surface area contributed by atoms with Gasteiger partial charge in [0.2, 0.25) is 5.91 Å². The summed E-state index contributed by atoms with van der Waals surface area (Å²) in [4.78, 5) is 12.3. The maximum absolute atomic E-state index is 12.2. The number of benzene rings is 1. The summed E-state index contributed by atoms with van der Waals surface area (Å²) in [5.41, 5.74) is 5.17. The average molecular weight is 319 g/mol. The normalized spacial score (nSPS) is 14.7. The monoisotopic (exact) mass is 318 g/mol. The highest BCUT2D eigenvalue weighted by molar-refractivity contribution is 7.90. The molecule has 1 rings (SSSR count). The summed E-state index contributed by atoms with van der Waals surface area (Å²) in [6.45, 7) is 3.80. The number of rotatable bonds is 5. The molecule has 112 valence electrons. The zero-order chi connectivity index (χ0) is 15.6. The number of nitrogens with one attached hydrogen (secondary N) is 1. The van der Waals surface area contributed by atoms with Gasteiger partial charge in [-0.15, -0.1) is 0 Å². The maximum Gasteiger partial charge on any atom is 0.231 e. The molecular formula is C13H19ClN2O3S. The zero-order valence-electron chi connectivity index (χ0n) is 11.7. The van der Waals surface area contributed by atoms with Crippen LogP contribution >= 0.6 is 11.6 Å². The summed E-state index contributed by atoms with van der Waals surface area (Å²) in [5, 5.41) is 2.93. The number of hydrogen-bond donors (Lipinski definition) is 2. The van der Waals surface area contributed by atoms with E-state index in [2.05, 4.69) is 5.32 Å². The molecule has 5 nitrogen and oxygen atoms in total. The van der Waals surface area contributed by atoms with Crippen molar-refractivity contribution < 1.29 is 13.2 Å². The van der Waals surface area contributed by atoms with Crippen LogP contribution in [-0.4, -0.2) is 27.1 Å². The fourth-order valence-electron chi connectivity index (χ4n) is 1.50. The molecule has 0 saturated carbocycles. The Bertz CT molecular complexity index is 610. The van der Waals surface area contributed by atoms with E-state index in [1.807, 2.05) is 6.92 Å². The van der Waals surface area contributed by atoms with Gasteiger partial charge in [-0.25, -0.2) is 8.42 Å². The smallest absolute Gasteiger partial charge is 0.231 e. The molecule has 0 saturated heterocycles. The second-order valence-electron chi connectivity index (χ2n) is 4.99. The van der Waals surface area contributed by atoms with Gasteiger partial charge in [-0.3, -0.25) is 4.79 Å². The second kappa shape index (κ2) is 6.11. The first-order valence-corrected chi connectivity index (χ1v) is 8.42. The van der Waals surface area contributed by atoms with Crippen molar-refractivity contribution in [1.82, 2.24) is 0 Å². The summed E-state index contributed by atoms with van der Waals surface area (Å²) in [6.07, 6.45) is 1.66. The predicted molar refractivity (Wildman–Crippen MR) is 80.6 cm³/mol. The van der Waals surface area contributed by atoms with E-state index < -0.39 is 15.3 Å². The SMILES string of the molecule is CCC(C)(CN)C(=O)Nc1cc(S(C)(=O)=O)ccc1Cl. The van der Waals surface area contributed by atoms with Crippen LogP contribution in [0.4, 0.5) is 5.69 Å². The molecule has 1 amide bonds. The van der Waals surface area contributed by atoms with Gasteiger partial charge in [0.15, 0.2) is 9.84 Å². The molecule has 0 aromatic heterocycles. The van der Waals surface area contributed by atoms with Gasteiger partial charge >= 0.3 is 0 Å². The van der Waals surface area contributed by atoms with Gasteiger partial charge in [-0.2, -0.15) is 0 Å². The summed E-state index contributed by atoms with van der Waals surface area (Å²) in [6, 6.07) is 4.19. The lowest BCUT2D eigenvalue weighted by molar-refractivity contribution is -0.124. The van der Waals surface area contributed by atoms with E-state index in [9.17, 15) is 13.2 Å². The molecule has 0 aliphatic carbocycles. The van der Waals surface area contributed by atoms with Gasteiger partial charge in [-0.1, -0.05) is 18.5 Å². The topological polar surface area (TPSA) is 89.3 Å². The Labute approximate surface area is 124 Å². The van der Waals surface area contributed by atoms with Crippen LogP contribution in [0.5, 0.6) is 0 Å². The van der Waals surface area contributed by atoms with Crippen LogP contribution in [-0.2, 0) is 14.6 Å². The first-order valence-electron chi connectivity index (χ1n) is 6.15. The molecule has 1 atom stereocenters. The molecule has 3 N–H and O–H groups in total. The van der Waals surface area contributed by atoms with Crippen molar-refractivity contribution >= 4 is 33.0 Å². The Kier molecular flexibility index (Phi) is 5.18. The third-order valence-corrected chi connectivity index (χ3v) is 4.83. The molecule has 0 aliphatic rings. The van der Waals surface area contributed by atoms with Crippen LogP contribution in [0.1, 0.15) is 20.3 Å². The van der Waals surface area contributed by atoms with E-state index in [0.717, 1.165) is 6.26 Å². The molecule has 7 heteroatoms. The van der Waals surface area contributed by atoms with E-state index in [0.29, 0.717) is 6.42 Å². The third kappa shape index (κ3) is 3.71. The number of carbonyl (C=O) groups excluding carboxylic acids is 1. The number of hydrogen-bond acceptors (Lipinski definition) is 4. The summed E-state index contributed by atoms with van der Waals surface area (Å²) in [5.74, 6) is -0.282. The first-order chi connectivity index (χ1) is 9.14. The third-order valence-electron chi connectivity index (χ3n) is 3.39. The van der Waals surface area contributed by atoms with Gasteiger partial charge < -0.3 is 11.1 Å². The molecule has 20 heavy (non-hydrogen) atoms. The highest BCUT2D eigenvalue weighted by Gasteiger charge is 2.30. The lowest BCUT2D eigenvalue weighted by atomic mass is 9.86. The van der Waals surface area contributed by atoms with Gasteiger partial charge in [0.1, 0.15) is 0 Å². The fraction of sp³-hybridized carbons (Fsp3) is 0.462. The van der Waals surface area contributed by atoms with Gasteiger partial charge in [0, 0.05) is 12.8 Å². The minimum Gasteiger partial charge on any atom is -0.329 e. The summed E-state index contributed by atoms with van der Waals surface area (Å²) in [7, 11) is -3.36. The van der Waals surface area contributed by atoms with E-state index in [-0.39, 0.29) is 28.1 Å². The number of sulfone groups is 1. The predicted octanol–water partition coefficient (Wildman–Crippen LogP) is 2.06. The van der Waals surface area contributed by atoms with Crippen molar-refractivity contribution in [1.29, 1.82) is 0 Å². The van der Waals surface area contributed by atoms with Crippen molar-refractivity contribution in [3.05, 3.63) is 23.2 Å². The molecule has 0 bridgehead atoms. The fourth-order valence-corrected chi connectivity index (χ4v) is 2.31. The van der Waals surface area contributed by atoms with Gasteiger partial charge in [-0.05, 0) is 31.5 Å². The standard InChI is InChI=1S/C13H19ClN2O3S/c1-4-13(2,8-15)12(17)16-11-7-9(20(3,18)19)5-6-10(11)14/h5-7H,4,8,15H2,1-3H3,(H,16,17). The van der Waals surface area contributed by atoms with Crippen molar-refractivity contribution in [2.45, 2.75) is 25.2 Å². The van der Waals surface area contributed by atoms with E-state index in [1.54, 1.807) is 6.92 Å². The van der Waals surface area contributed by atoms with E-state index in [4.69, 9.17) is 17.3 Å². The number of anilines is 1. The molecular weight excluding hydrogens is 300 g/mol. The average Bonchev–Trinajstić information content (AvgIpc) is 2.38. The zero-order valence-corrected chi connectivity index (χ0v) is 13.3. The Morgan fingerprint density at radius 2 is 2.05 bits per heavy atom. The Hall–Kier alpha value is -1.11. The van der Waals surface area contributed by atoms with Gasteiger partial charge in [0.05, 0.1) is 21.0 Å². The largest absolute Gasteiger partial charge is 0.329 e. The first kappa shape index (κ1) is 16.9. The molecule has 1 unspecified atom stereocenters. The highest BCUT2D eigenvalue weighted by Crippen LogP contribution is 2.28. The molecule has 1 aromatic rings. The lowest BCUT2D eigenvalue weighted by Crippen LogP contribution is -2.39. The summed E-state index contributed by atoms with van der Waals surface area (Å²) < 4.78 is 23.0. The van der Waals surface area contributed by atoms with Crippen molar-refractivity contribution in [2.24, 2.45) is 11.1 Å². The number of nitrogens with two attached hydrogens (primary N) is 1. The quantitative estimate of drug-likeness (QED) is 0.869. The number of amides is 1. The molecule has 1 aromatic carbocycles. The van der Waals surface area contributed by atoms with E-state index in [1.165, 1.54) is 18.2 Å². The summed E-state index contributed by atoms with van der Waals surface area (Å²) >= 11 is 5.99. The van der Waals surface area contributed by atoms with Crippen LogP contribution in [0, 0.1) is 5.41 Å². The molecule has 0 fully saturated rings. The molecule has 0 radical (unpaired) electrons. The molecule has 0 spiro atoms. The van der Waals surface area contributed by atoms with Crippen LogP contribution in [0.3, 0.4) is 0 Å². The Morgan fingerprint density at radius 3 is 2.50 bits per heavy atom. The van der Waals surface area contributed by atoms with Crippen LogP contribution < -0.4 is 11.1 Å². The van der Waals surface area contributed by atoms with Crippen LogP contribution in [0.15, 0.2) is 23.1 Å². The minimum absolute atomic E-state index is 0.100. The van der Waals surface area contributed by atoms with Crippen LogP contribution in [0.25, 0.3) is 0 Å². The Morgan fingerprint density at radius 1 is 1.45 bits per heavy atom.